The quantitative estimate of drug-likeness (QED) is 0.0696. The third-order valence-corrected chi connectivity index (χ3v) is 7.10. The minimum atomic E-state index is -4.33. The highest BCUT2D eigenvalue weighted by Crippen LogP contribution is 2.38. The lowest BCUT2D eigenvalue weighted by Crippen LogP contribution is -2.37. The van der Waals surface area contributed by atoms with Crippen molar-refractivity contribution in [3.8, 4) is 0 Å². The van der Waals surface area contributed by atoms with Crippen LogP contribution in [0, 0.1) is 0 Å². The molecule has 212 valence electrons. The summed E-state index contributed by atoms with van der Waals surface area (Å²) in [5.41, 5.74) is 0. The summed E-state index contributed by atoms with van der Waals surface area (Å²) in [4.78, 5) is 11.9. The highest BCUT2D eigenvalue weighted by atomic mass is 31.2. The lowest BCUT2D eigenvalue weighted by molar-refractivity contribution is -0.870. The van der Waals surface area contributed by atoms with Gasteiger partial charge in [0.05, 0.1) is 34.4 Å². The molecule has 0 saturated heterocycles. The number of hydrogen-bond acceptors (Lipinski definition) is 6. The van der Waals surface area contributed by atoms with Gasteiger partial charge in [-0.1, -0.05) is 103 Å². The molecule has 0 aromatic carbocycles. The van der Waals surface area contributed by atoms with Crippen LogP contribution in [0.5, 0.6) is 0 Å². The number of rotatable bonds is 27. The monoisotopic (exact) mass is 523 g/mol. The van der Waals surface area contributed by atoms with Gasteiger partial charge in [-0.3, -0.25) is 4.57 Å². The summed E-state index contributed by atoms with van der Waals surface area (Å²) >= 11 is 0. The van der Waals surface area contributed by atoms with E-state index in [2.05, 4.69) is 6.92 Å². The third-order valence-electron chi connectivity index (χ3n) is 6.13. The van der Waals surface area contributed by atoms with Gasteiger partial charge in [0.25, 0.3) is 7.82 Å². The van der Waals surface area contributed by atoms with Gasteiger partial charge < -0.3 is 27.9 Å². The molecule has 0 N–H and O–H groups in total. The van der Waals surface area contributed by atoms with E-state index in [0.717, 1.165) is 12.8 Å². The number of nitrogens with zero attached hydrogens (tertiary/aromatic N) is 1. The van der Waals surface area contributed by atoms with Crippen LogP contribution in [0.2, 0.25) is 0 Å². The average molecular weight is 524 g/mol. The van der Waals surface area contributed by atoms with Crippen LogP contribution >= 0.6 is 7.82 Å². The van der Waals surface area contributed by atoms with Crippen molar-refractivity contribution in [2.45, 2.75) is 116 Å². The Labute approximate surface area is 217 Å². The molecule has 0 amide bonds. The van der Waals surface area contributed by atoms with Crippen LogP contribution in [-0.4, -0.2) is 71.8 Å². The molecular weight excluding hydrogens is 465 g/mol. The predicted octanol–water partition coefficient (Wildman–Crippen LogP) is 6.49. The first kappa shape index (κ1) is 35.0. The van der Waals surface area contributed by atoms with Crippen molar-refractivity contribution < 1.29 is 32.5 Å². The van der Waals surface area contributed by atoms with E-state index in [1.807, 2.05) is 21.1 Å². The molecule has 0 radical (unpaired) electrons. The molecule has 0 bridgehead atoms. The fraction of sp³-hybridized carbons (Fsp3) is 1.00. The first-order chi connectivity index (χ1) is 16.7. The molecule has 2 unspecified atom stereocenters. The number of phosphoric acid groups is 1. The van der Waals surface area contributed by atoms with Crippen molar-refractivity contribution >= 4 is 7.82 Å². The van der Waals surface area contributed by atoms with E-state index in [1.165, 1.54) is 89.9 Å². The van der Waals surface area contributed by atoms with Gasteiger partial charge in [0.2, 0.25) is 0 Å². The maximum atomic E-state index is 11.9. The van der Waals surface area contributed by atoms with E-state index in [9.17, 15) is 9.46 Å². The SMILES string of the molecule is CCCCCCCCCCCCCCCCCCOC(COC)COP(=O)([O-])OCC[N+](C)(C)C. The van der Waals surface area contributed by atoms with Crippen LogP contribution in [0.15, 0.2) is 0 Å². The molecule has 35 heavy (non-hydrogen) atoms. The Morgan fingerprint density at radius 3 is 1.57 bits per heavy atom. The summed E-state index contributed by atoms with van der Waals surface area (Å²) in [6.07, 6.45) is 20.9. The number of quaternary nitrogens is 1. The van der Waals surface area contributed by atoms with Crippen LogP contribution in [0.4, 0.5) is 0 Å². The van der Waals surface area contributed by atoms with Crippen molar-refractivity contribution in [2.24, 2.45) is 0 Å². The second-order valence-corrected chi connectivity index (χ2v) is 12.3. The van der Waals surface area contributed by atoms with Gasteiger partial charge in [0, 0.05) is 13.7 Å². The number of phosphoric ester groups is 1. The molecule has 8 heteroatoms. The van der Waals surface area contributed by atoms with Crippen LogP contribution < -0.4 is 4.89 Å². The molecule has 0 aliphatic heterocycles. The van der Waals surface area contributed by atoms with Crippen molar-refractivity contribution in [3.05, 3.63) is 0 Å². The first-order valence-corrected chi connectivity index (χ1v) is 15.7. The summed E-state index contributed by atoms with van der Waals surface area (Å²) in [6.45, 7) is 3.73. The van der Waals surface area contributed by atoms with Gasteiger partial charge in [-0.15, -0.1) is 0 Å². The molecule has 0 aliphatic carbocycles. The van der Waals surface area contributed by atoms with Crippen molar-refractivity contribution in [2.75, 3.05) is 61.2 Å². The Morgan fingerprint density at radius 1 is 0.686 bits per heavy atom. The highest BCUT2D eigenvalue weighted by molar-refractivity contribution is 7.45. The lowest BCUT2D eigenvalue weighted by atomic mass is 10.0. The number of likely N-dealkylation sites (N-methyl/N-ethyl adjacent to an activating group) is 1. The Hall–Kier alpha value is -0.0100. The molecular formula is C27H58NO6P. The number of unbranched alkanes of at least 4 members (excludes halogenated alkanes) is 15. The second kappa shape index (κ2) is 23.1. The molecule has 7 nitrogen and oxygen atoms in total. The molecule has 0 heterocycles. The highest BCUT2D eigenvalue weighted by Gasteiger charge is 2.17. The molecule has 0 saturated carbocycles. The largest absolute Gasteiger partial charge is 0.756 e. The van der Waals surface area contributed by atoms with Gasteiger partial charge in [-0.2, -0.15) is 0 Å². The summed E-state index contributed by atoms with van der Waals surface area (Å²) < 4.78 is 33.4. The standard InChI is InChI=1S/C27H58NO6P/c1-6-7-8-9-10-11-12-13-14-15-16-17-18-19-20-21-23-32-27(25-31-5)26-34-35(29,30)33-24-22-28(2,3)4/h27H,6-26H2,1-5H3. The summed E-state index contributed by atoms with van der Waals surface area (Å²) in [5, 5.41) is 0. The van der Waals surface area contributed by atoms with Gasteiger partial charge in [0.15, 0.2) is 0 Å². The first-order valence-electron chi connectivity index (χ1n) is 14.2. The smallest absolute Gasteiger partial charge is 0.268 e. The van der Waals surface area contributed by atoms with E-state index in [0.29, 0.717) is 17.6 Å². The maximum Gasteiger partial charge on any atom is 0.268 e. The fourth-order valence-corrected chi connectivity index (χ4v) is 4.60. The number of hydrogen-bond donors (Lipinski definition) is 0. The van der Waals surface area contributed by atoms with Crippen LogP contribution in [0.25, 0.3) is 0 Å². The van der Waals surface area contributed by atoms with Gasteiger partial charge >= 0.3 is 0 Å². The lowest BCUT2D eigenvalue weighted by Gasteiger charge is -2.28. The van der Waals surface area contributed by atoms with Crippen molar-refractivity contribution in [1.82, 2.24) is 0 Å². The zero-order chi connectivity index (χ0) is 26.3. The van der Waals surface area contributed by atoms with Gasteiger partial charge in [-0.05, 0) is 6.42 Å². The van der Waals surface area contributed by atoms with Crippen LogP contribution in [0.1, 0.15) is 110 Å². The van der Waals surface area contributed by atoms with E-state index >= 15 is 0 Å². The van der Waals surface area contributed by atoms with Gasteiger partial charge in [0.1, 0.15) is 19.3 Å². The van der Waals surface area contributed by atoms with Crippen molar-refractivity contribution in [3.63, 3.8) is 0 Å². The topological polar surface area (TPSA) is 77.1 Å². The number of ether oxygens (including phenoxy) is 2. The predicted molar refractivity (Wildman–Crippen MR) is 144 cm³/mol. The summed E-state index contributed by atoms with van der Waals surface area (Å²) in [6, 6.07) is 0. The molecule has 0 aromatic rings. The van der Waals surface area contributed by atoms with E-state index < -0.39 is 13.9 Å². The molecule has 0 fully saturated rings. The zero-order valence-electron chi connectivity index (χ0n) is 23.8. The molecule has 0 spiro atoms. The third kappa shape index (κ3) is 26.9. The second-order valence-electron chi connectivity index (χ2n) is 10.8. The zero-order valence-corrected chi connectivity index (χ0v) is 24.7. The van der Waals surface area contributed by atoms with E-state index in [4.69, 9.17) is 18.5 Å². The number of methoxy groups -OCH3 is 1. The minimum Gasteiger partial charge on any atom is -0.756 e. The molecule has 0 rings (SSSR count). The Balaban J connectivity index is 3.62. The average Bonchev–Trinajstić information content (AvgIpc) is 2.78. The maximum absolute atomic E-state index is 11.9. The van der Waals surface area contributed by atoms with Crippen LogP contribution in [-0.2, 0) is 23.1 Å². The van der Waals surface area contributed by atoms with Crippen LogP contribution in [0.3, 0.4) is 0 Å². The van der Waals surface area contributed by atoms with E-state index in [-0.39, 0.29) is 19.8 Å². The molecule has 0 aliphatic rings. The summed E-state index contributed by atoms with van der Waals surface area (Å²) in [5.74, 6) is 0. The normalized spacial score (nSPS) is 14.8. The van der Waals surface area contributed by atoms with E-state index in [1.54, 1.807) is 7.11 Å². The van der Waals surface area contributed by atoms with Gasteiger partial charge in [-0.25, -0.2) is 0 Å². The Bertz CT molecular complexity index is 501. The Morgan fingerprint density at radius 2 is 1.14 bits per heavy atom. The molecule has 0 aromatic heterocycles. The Kier molecular flexibility index (Phi) is 23.1. The summed E-state index contributed by atoms with van der Waals surface area (Å²) in [7, 11) is 3.16. The van der Waals surface area contributed by atoms with Crippen molar-refractivity contribution in [1.29, 1.82) is 0 Å². The fourth-order valence-electron chi connectivity index (χ4n) is 3.87. The minimum absolute atomic E-state index is 0.0855. The molecule has 2 atom stereocenters.